The highest BCUT2D eigenvalue weighted by molar-refractivity contribution is 6.30. The van der Waals surface area contributed by atoms with Crippen LogP contribution in [0.25, 0.3) is 0 Å². The third kappa shape index (κ3) is 3.60. The first-order chi connectivity index (χ1) is 8.45. The normalized spacial score (nSPS) is 11.5. The van der Waals surface area contributed by atoms with E-state index in [9.17, 15) is 9.59 Å². The molecule has 1 rings (SSSR count). The fraction of sp³-hybridized carbons (Fsp3) is 0.231. The van der Waals surface area contributed by atoms with Crippen LogP contribution in [0.5, 0.6) is 0 Å². The lowest BCUT2D eigenvalue weighted by Gasteiger charge is -2.18. The summed E-state index contributed by atoms with van der Waals surface area (Å²) in [6, 6.07) is 6.59. The van der Waals surface area contributed by atoms with E-state index < -0.39 is 18.0 Å². The van der Waals surface area contributed by atoms with E-state index in [1.54, 1.807) is 24.3 Å². The first-order valence-electron chi connectivity index (χ1n) is 5.15. The van der Waals surface area contributed by atoms with Gasteiger partial charge in [0.1, 0.15) is 0 Å². The van der Waals surface area contributed by atoms with Crippen LogP contribution in [0, 0.1) is 0 Å². The van der Waals surface area contributed by atoms with Gasteiger partial charge in [0.15, 0.2) is 6.10 Å². The van der Waals surface area contributed by atoms with E-state index in [2.05, 4.69) is 11.3 Å². The second kappa shape index (κ2) is 6.21. The van der Waals surface area contributed by atoms with Crippen molar-refractivity contribution in [3.63, 3.8) is 0 Å². The molecule has 1 aromatic carbocycles. The number of methoxy groups -OCH3 is 1. The molecule has 0 saturated carbocycles. The van der Waals surface area contributed by atoms with Crippen molar-refractivity contribution in [1.29, 1.82) is 0 Å². The standard InChI is InChI=1S/C13H13ClO4/c1-8(13(16)17-3)12(18-9(2)15)10-4-6-11(14)7-5-10/h4-7,12H,1H2,2-3H3. The maximum Gasteiger partial charge on any atom is 0.337 e. The molecule has 0 heterocycles. The van der Waals surface area contributed by atoms with Crippen LogP contribution in [0.4, 0.5) is 0 Å². The molecule has 96 valence electrons. The van der Waals surface area contributed by atoms with Crippen LogP contribution in [-0.4, -0.2) is 19.0 Å². The van der Waals surface area contributed by atoms with E-state index in [-0.39, 0.29) is 5.57 Å². The van der Waals surface area contributed by atoms with Gasteiger partial charge in [0, 0.05) is 11.9 Å². The Bertz CT molecular complexity index is 464. The number of hydrogen-bond donors (Lipinski definition) is 0. The zero-order valence-electron chi connectivity index (χ0n) is 10.1. The van der Waals surface area contributed by atoms with Crippen molar-refractivity contribution in [2.45, 2.75) is 13.0 Å². The van der Waals surface area contributed by atoms with E-state index in [0.29, 0.717) is 10.6 Å². The van der Waals surface area contributed by atoms with Crippen LogP contribution in [0.15, 0.2) is 36.4 Å². The Kier molecular flexibility index (Phi) is 4.92. The van der Waals surface area contributed by atoms with Gasteiger partial charge < -0.3 is 9.47 Å². The van der Waals surface area contributed by atoms with Crippen LogP contribution in [0.3, 0.4) is 0 Å². The van der Waals surface area contributed by atoms with Crippen molar-refractivity contribution < 1.29 is 19.1 Å². The smallest absolute Gasteiger partial charge is 0.337 e. The van der Waals surface area contributed by atoms with Gasteiger partial charge in [-0.15, -0.1) is 0 Å². The average molecular weight is 269 g/mol. The molecule has 1 atom stereocenters. The summed E-state index contributed by atoms with van der Waals surface area (Å²) in [4.78, 5) is 22.5. The summed E-state index contributed by atoms with van der Waals surface area (Å²) in [5.74, 6) is -1.14. The van der Waals surface area contributed by atoms with Gasteiger partial charge in [-0.05, 0) is 17.7 Å². The first kappa shape index (κ1) is 14.3. The quantitative estimate of drug-likeness (QED) is 0.622. The molecule has 0 aliphatic carbocycles. The summed E-state index contributed by atoms with van der Waals surface area (Å²) in [5, 5.41) is 0.545. The number of ether oxygens (including phenoxy) is 2. The molecule has 0 amide bonds. The molecule has 0 aliphatic heterocycles. The van der Waals surface area contributed by atoms with Crippen LogP contribution in [0.1, 0.15) is 18.6 Å². The van der Waals surface area contributed by atoms with Gasteiger partial charge in [-0.25, -0.2) is 4.79 Å². The summed E-state index contributed by atoms with van der Waals surface area (Å²) < 4.78 is 9.64. The Morgan fingerprint density at radius 2 is 1.83 bits per heavy atom. The van der Waals surface area contributed by atoms with Crippen LogP contribution < -0.4 is 0 Å². The minimum Gasteiger partial charge on any atom is -0.466 e. The maximum atomic E-state index is 11.4. The first-order valence-corrected chi connectivity index (χ1v) is 5.53. The lowest BCUT2D eigenvalue weighted by atomic mass is 10.0. The molecule has 1 aromatic rings. The summed E-state index contributed by atoms with van der Waals surface area (Å²) in [5.41, 5.74) is 0.653. The van der Waals surface area contributed by atoms with E-state index in [4.69, 9.17) is 16.3 Å². The predicted octanol–water partition coefficient (Wildman–Crippen LogP) is 2.67. The number of carbonyl (C=O) groups is 2. The molecule has 1 unspecified atom stereocenters. The summed E-state index contributed by atoms with van der Waals surface area (Å²) in [7, 11) is 1.24. The van der Waals surface area contributed by atoms with Crippen molar-refractivity contribution in [2.75, 3.05) is 7.11 Å². The van der Waals surface area contributed by atoms with Crippen LogP contribution in [-0.2, 0) is 19.1 Å². The third-order valence-corrected chi connectivity index (χ3v) is 2.47. The van der Waals surface area contributed by atoms with Gasteiger partial charge in [-0.3, -0.25) is 4.79 Å². The summed E-state index contributed by atoms with van der Waals surface area (Å²) in [6.45, 7) is 4.85. The molecule has 0 radical (unpaired) electrons. The van der Waals surface area contributed by atoms with E-state index in [1.165, 1.54) is 14.0 Å². The molecule has 5 heteroatoms. The zero-order chi connectivity index (χ0) is 13.7. The lowest BCUT2D eigenvalue weighted by Crippen LogP contribution is -2.17. The highest BCUT2D eigenvalue weighted by Crippen LogP contribution is 2.26. The van der Waals surface area contributed by atoms with Gasteiger partial charge in [0.05, 0.1) is 12.7 Å². The number of carbonyl (C=O) groups excluding carboxylic acids is 2. The monoisotopic (exact) mass is 268 g/mol. The number of hydrogen-bond acceptors (Lipinski definition) is 4. The van der Waals surface area contributed by atoms with Gasteiger partial charge in [0.2, 0.25) is 0 Å². The second-order valence-corrected chi connectivity index (χ2v) is 3.99. The van der Waals surface area contributed by atoms with Gasteiger partial charge in [0.25, 0.3) is 0 Å². The van der Waals surface area contributed by atoms with Gasteiger partial charge in [-0.2, -0.15) is 0 Å². The molecular formula is C13H13ClO4. The summed E-state index contributed by atoms with van der Waals surface area (Å²) in [6.07, 6.45) is -0.868. The molecule has 4 nitrogen and oxygen atoms in total. The minimum atomic E-state index is -0.868. The van der Waals surface area contributed by atoms with Gasteiger partial charge in [-0.1, -0.05) is 30.3 Å². The molecule has 0 aliphatic rings. The van der Waals surface area contributed by atoms with Gasteiger partial charge >= 0.3 is 11.9 Å². The molecule has 18 heavy (non-hydrogen) atoms. The Morgan fingerprint density at radius 3 is 2.28 bits per heavy atom. The number of esters is 2. The summed E-state index contributed by atoms with van der Waals surface area (Å²) >= 11 is 5.77. The second-order valence-electron chi connectivity index (χ2n) is 3.56. The topological polar surface area (TPSA) is 52.6 Å². The highest BCUT2D eigenvalue weighted by Gasteiger charge is 2.24. The molecule has 0 bridgehead atoms. The molecule has 0 N–H and O–H groups in total. The SMILES string of the molecule is C=C(C(=O)OC)C(OC(C)=O)c1ccc(Cl)cc1. The minimum absolute atomic E-state index is 0.0509. The molecule has 0 fully saturated rings. The van der Waals surface area contributed by atoms with Crippen LogP contribution >= 0.6 is 11.6 Å². The number of halogens is 1. The Hall–Kier alpha value is -1.81. The fourth-order valence-electron chi connectivity index (χ4n) is 1.38. The van der Waals surface area contributed by atoms with Crippen LogP contribution in [0.2, 0.25) is 5.02 Å². The zero-order valence-corrected chi connectivity index (χ0v) is 10.9. The van der Waals surface area contributed by atoms with E-state index in [0.717, 1.165) is 0 Å². The van der Waals surface area contributed by atoms with Crippen molar-refractivity contribution in [1.82, 2.24) is 0 Å². The lowest BCUT2D eigenvalue weighted by molar-refractivity contribution is -0.147. The average Bonchev–Trinajstić information content (AvgIpc) is 2.35. The van der Waals surface area contributed by atoms with Crippen molar-refractivity contribution in [3.05, 3.63) is 47.0 Å². The van der Waals surface area contributed by atoms with Crippen molar-refractivity contribution >= 4 is 23.5 Å². The maximum absolute atomic E-state index is 11.4. The largest absolute Gasteiger partial charge is 0.466 e. The molecule has 0 aromatic heterocycles. The van der Waals surface area contributed by atoms with E-state index in [1.807, 2.05) is 0 Å². The number of benzene rings is 1. The van der Waals surface area contributed by atoms with Crippen molar-refractivity contribution in [2.24, 2.45) is 0 Å². The van der Waals surface area contributed by atoms with Crippen molar-refractivity contribution in [3.8, 4) is 0 Å². The predicted molar refractivity (Wildman–Crippen MR) is 67.1 cm³/mol. The Balaban J connectivity index is 3.05. The Labute approximate surface area is 110 Å². The van der Waals surface area contributed by atoms with E-state index >= 15 is 0 Å². The molecular weight excluding hydrogens is 256 g/mol. The fourth-order valence-corrected chi connectivity index (χ4v) is 1.51. The Morgan fingerprint density at radius 1 is 1.28 bits per heavy atom. The third-order valence-electron chi connectivity index (χ3n) is 2.22. The molecule has 0 spiro atoms. The number of rotatable bonds is 4. The molecule has 0 saturated heterocycles. The highest BCUT2D eigenvalue weighted by atomic mass is 35.5.